The molecule has 10 heteroatoms. The van der Waals surface area contributed by atoms with Crippen LogP contribution in [0.3, 0.4) is 0 Å². The van der Waals surface area contributed by atoms with Crippen molar-refractivity contribution in [3.05, 3.63) is 80.9 Å². The molecule has 0 bridgehead atoms. The quantitative estimate of drug-likeness (QED) is 0.204. The second-order valence-electron chi connectivity index (χ2n) is 11.0. The first kappa shape index (κ1) is 29.1. The van der Waals surface area contributed by atoms with Crippen molar-refractivity contribution in [2.75, 3.05) is 49.2 Å². The van der Waals surface area contributed by atoms with E-state index in [-0.39, 0.29) is 11.1 Å². The third-order valence-corrected chi connectivity index (χ3v) is 8.93. The number of rotatable bonds is 10. The van der Waals surface area contributed by atoms with Crippen LogP contribution in [0.15, 0.2) is 64.2 Å². The highest BCUT2D eigenvalue weighted by atomic mass is 32.1. The Morgan fingerprint density at radius 3 is 2.00 bits per heavy atom. The third-order valence-electron chi connectivity index (χ3n) is 7.95. The number of hydrogen-bond acceptors (Lipinski definition) is 8. The smallest absolute Gasteiger partial charge is 0.269 e. The van der Waals surface area contributed by atoms with Gasteiger partial charge < -0.3 is 14.5 Å². The number of benzene rings is 2. The van der Waals surface area contributed by atoms with Gasteiger partial charge in [-0.2, -0.15) is 0 Å². The minimum Gasteiger partial charge on any atom is -0.378 e. The Morgan fingerprint density at radius 2 is 1.37 bits per heavy atom. The molecule has 9 nitrogen and oxygen atoms in total. The van der Waals surface area contributed by atoms with E-state index in [1.807, 2.05) is 61.5 Å². The Kier molecular flexibility index (Phi) is 8.58. The minimum atomic E-state index is -0.264. The number of thiophene rings is 1. The summed E-state index contributed by atoms with van der Waals surface area (Å²) < 4.78 is 8.92. The zero-order chi connectivity index (χ0) is 29.9. The van der Waals surface area contributed by atoms with Gasteiger partial charge in [0, 0.05) is 26.2 Å². The maximum atomic E-state index is 14.6. The fourth-order valence-corrected chi connectivity index (χ4v) is 6.60. The molecule has 0 spiro atoms. The summed E-state index contributed by atoms with van der Waals surface area (Å²) in [5.74, 6) is 1.18. The topological polar surface area (TPSA) is 85.5 Å². The maximum absolute atomic E-state index is 14.6. The van der Waals surface area contributed by atoms with Gasteiger partial charge in [-0.05, 0) is 44.0 Å². The zero-order valence-electron chi connectivity index (χ0n) is 25.1. The lowest BCUT2D eigenvalue weighted by Crippen LogP contribution is -2.40. The van der Waals surface area contributed by atoms with E-state index >= 15 is 0 Å². The van der Waals surface area contributed by atoms with E-state index in [4.69, 9.17) is 14.7 Å². The van der Waals surface area contributed by atoms with E-state index in [0.29, 0.717) is 64.3 Å². The molecular weight excluding hydrogens is 560 g/mol. The molecule has 0 saturated carbocycles. The van der Waals surface area contributed by atoms with Crippen LogP contribution in [0.4, 0.5) is 11.9 Å². The zero-order valence-corrected chi connectivity index (χ0v) is 25.9. The lowest BCUT2D eigenvalue weighted by Gasteiger charge is -2.29. The fourth-order valence-electron chi connectivity index (χ4n) is 5.58. The van der Waals surface area contributed by atoms with Crippen molar-refractivity contribution in [3.63, 3.8) is 0 Å². The Hall–Kier alpha value is -4.02. The molecule has 0 atom stereocenters. The van der Waals surface area contributed by atoms with Crippen molar-refractivity contribution in [2.24, 2.45) is 0 Å². The molecule has 0 aliphatic carbocycles. The lowest BCUT2D eigenvalue weighted by molar-refractivity contribution is 0.122. The molecule has 5 aromatic rings. The minimum absolute atomic E-state index is 0.245. The van der Waals surface area contributed by atoms with Crippen molar-refractivity contribution < 1.29 is 4.74 Å². The molecule has 43 heavy (non-hydrogen) atoms. The standard InChI is InChI=1S/C33H38N6O3S/c1-4-6-17-36(18-7-5-2)32-34-28-27(31(41)39(32)25-15-13-23(3)14-16-25)26-29(43-28)35-33(37-19-21-42-22-20-37)38(30(26)40)24-11-9-8-10-12-24/h8-16H,4-7,17-22H2,1-3H3. The van der Waals surface area contributed by atoms with E-state index < -0.39 is 0 Å². The van der Waals surface area contributed by atoms with Crippen molar-refractivity contribution in [3.8, 4) is 11.4 Å². The molecule has 224 valence electrons. The SMILES string of the molecule is CCCCN(CCCC)c1nc2sc3nc(N4CCOCC4)n(-c4ccccc4)c(=O)c3c2c(=O)n1-c1ccc(C)cc1. The molecule has 1 saturated heterocycles. The Labute approximate surface area is 255 Å². The molecule has 1 aliphatic rings. The molecule has 1 fully saturated rings. The molecule has 6 rings (SSSR count). The van der Waals surface area contributed by atoms with E-state index in [2.05, 4.69) is 23.6 Å². The molecule has 2 aromatic carbocycles. The summed E-state index contributed by atoms with van der Waals surface area (Å²) in [7, 11) is 0. The lowest BCUT2D eigenvalue weighted by atomic mass is 10.2. The average Bonchev–Trinajstić information content (AvgIpc) is 3.42. The Morgan fingerprint density at radius 1 is 0.791 bits per heavy atom. The van der Waals surface area contributed by atoms with Crippen LogP contribution in [0, 0.1) is 6.92 Å². The first-order valence-corrected chi connectivity index (χ1v) is 16.1. The molecule has 0 amide bonds. The summed E-state index contributed by atoms with van der Waals surface area (Å²) in [6.07, 6.45) is 4.06. The van der Waals surface area contributed by atoms with Crippen LogP contribution in [0.1, 0.15) is 45.1 Å². The largest absolute Gasteiger partial charge is 0.378 e. The van der Waals surface area contributed by atoms with Gasteiger partial charge in [0.2, 0.25) is 11.9 Å². The van der Waals surface area contributed by atoms with Crippen LogP contribution in [0.2, 0.25) is 0 Å². The van der Waals surface area contributed by atoms with Crippen LogP contribution in [0.25, 0.3) is 31.8 Å². The van der Waals surface area contributed by atoms with Gasteiger partial charge in [0.15, 0.2) is 0 Å². The monoisotopic (exact) mass is 598 g/mol. The van der Waals surface area contributed by atoms with Gasteiger partial charge in [-0.25, -0.2) is 19.1 Å². The number of aromatic nitrogens is 4. The molecule has 0 N–H and O–H groups in total. The number of fused-ring (bicyclic) bond motifs is 3. The molecule has 0 unspecified atom stereocenters. The normalized spacial score (nSPS) is 13.7. The number of morpholine rings is 1. The van der Waals surface area contributed by atoms with Crippen LogP contribution < -0.4 is 20.9 Å². The molecule has 1 aliphatic heterocycles. The average molecular weight is 599 g/mol. The van der Waals surface area contributed by atoms with Crippen LogP contribution in [-0.4, -0.2) is 58.5 Å². The number of aryl methyl sites for hydroxylation is 1. The van der Waals surface area contributed by atoms with Crippen molar-refractivity contribution in [1.82, 2.24) is 19.1 Å². The third kappa shape index (κ3) is 5.57. The van der Waals surface area contributed by atoms with Gasteiger partial charge in [-0.3, -0.25) is 9.59 Å². The highest BCUT2D eigenvalue weighted by Crippen LogP contribution is 2.32. The van der Waals surface area contributed by atoms with E-state index in [1.54, 1.807) is 9.13 Å². The number of ether oxygens (including phenoxy) is 1. The van der Waals surface area contributed by atoms with Crippen molar-refractivity contribution in [2.45, 2.75) is 46.5 Å². The van der Waals surface area contributed by atoms with Gasteiger partial charge in [0.05, 0.1) is 35.4 Å². The number of anilines is 2. The van der Waals surface area contributed by atoms with E-state index in [1.165, 1.54) is 11.3 Å². The Balaban J connectivity index is 1.67. The van der Waals surface area contributed by atoms with E-state index in [0.717, 1.165) is 50.0 Å². The highest BCUT2D eigenvalue weighted by Gasteiger charge is 2.27. The molecular formula is C33H38N6O3S. The van der Waals surface area contributed by atoms with Crippen LogP contribution >= 0.6 is 11.3 Å². The molecule has 0 radical (unpaired) electrons. The van der Waals surface area contributed by atoms with E-state index in [9.17, 15) is 9.59 Å². The summed E-state index contributed by atoms with van der Waals surface area (Å²) in [5, 5.41) is 0.644. The highest BCUT2D eigenvalue weighted by molar-refractivity contribution is 7.25. The second-order valence-corrected chi connectivity index (χ2v) is 12.0. The molecule has 3 aromatic heterocycles. The maximum Gasteiger partial charge on any atom is 0.269 e. The summed E-state index contributed by atoms with van der Waals surface area (Å²) in [5.41, 5.74) is 2.04. The number of unbranched alkanes of at least 4 members (excludes halogenated alkanes) is 2. The first-order chi connectivity index (χ1) is 21.0. The van der Waals surface area contributed by atoms with Gasteiger partial charge in [-0.15, -0.1) is 0 Å². The number of para-hydroxylation sites is 1. The summed E-state index contributed by atoms with van der Waals surface area (Å²) in [6, 6.07) is 17.4. The predicted octanol–water partition coefficient (Wildman–Crippen LogP) is 5.70. The molecule has 4 heterocycles. The fraction of sp³-hybridized carbons (Fsp3) is 0.394. The second kappa shape index (κ2) is 12.7. The summed E-state index contributed by atoms with van der Waals surface area (Å²) >= 11 is 1.32. The summed E-state index contributed by atoms with van der Waals surface area (Å²) in [4.78, 5) is 44.7. The van der Waals surface area contributed by atoms with Gasteiger partial charge in [0.25, 0.3) is 11.1 Å². The van der Waals surface area contributed by atoms with Gasteiger partial charge >= 0.3 is 0 Å². The number of hydrogen-bond donors (Lipinski definition) is 0. The predicted molar refractivity (Wildman–Crippen MR) is 176 cm³/mol. The number of nitrogens with zero attached hydrogens (tertiary/aromatic N) is 6. The van der Waals surface area contributed by atoms with Crippen LogP contribution in [-0.2, 0) is 4.74 Å². The Bertz CT molecular complexity index is 1830. The summed E-state index contributed by atoms with van der Waals surface area (Å²) in [6.45, 7) is 10.3. The van der Waals surface area contributed by atoms with Crippen molar-refractivity contribution >= 4 is 43.7 Å². The van der Waals surface area contributed by atoms with Gasteiger partial charge in [-0.1, -0.05) is 73.9 Å². The van der Waals surface area contributed by atoms with Crippen molar-refractivity contribution in [1.29, 1.82) is 0 Å². The first-order valence-electron chi connectivity index (χ1n) is 15.2. The van der Waals surface area contributed by atoms with Crippen LogP contribution in [0.5, 0.6) is 0 Å². The van der Waals surface area contributed by atoms with Gasteiger partial charge in [0.1, 0.15) is 9.66 Å².